The fourth-order valence-corrected chi connectivity index (χ4v) is 10.5. The molecule has 15 nitrogen and oxygen atoms in total. The number of halogens is 5. The zero-order valence-corrected chi connectivity index (χ0v) is 48.8. The van der Waals surface area contributed by atoms with E-state index in [1.807, 2.05) is 19.1 Å². The summed E-state index contributed by atoms with van der Waals surface area (Å²) in [6.45, 7) is 11.6. The number of benzene rings is 6. The molecule has 0 aliphatic rings. The number of carbonyl (C=O) groups excluding carboxylic acids is 2. The van der Waals surface area contributed by atoms with Gasteiger partial charge < -0.3 is 18.9 Å². The molecule has 0 aliphatic heterocycles. The van der Waals surface area contributed by atoms with Crippen LogP contribution < -0.4 is 9.47 Å². The number of nitrogens with zero attached hydrogens (tertiary/aromatic N) is 1. The summed E-state index contributed by atoms with van der Waals surface area (Å²) >= 11 is 0. The molecule has 79 heavy (non-hydrogen) atoms. The van der Waals surface area contributed by atoms with Gasteiger partial charge >= 0.3 is 11.9 Å². The molecule has 0 aliphatic carbocycles. The predicted molar refractivity (Wildman–Crippen MR) is 291 cm³/mol. The van der Waals surface area contributed by atoms with Crippen molar-refractivity contribution in [3.63, 3.8) is 0 Å². The molecule has 6 rings (SSSR count). The topological polar surface area (TPSA) is 211 Å². The van der Waals surface area contributed by atoms with E-state index in [1.54, 1.807) is 59.7 Å². The molecule has 428 valence electrons. The number of carbonyl (C=O) groups is 2. The Kier molecular flexibility index (Phi) is 22.0. The fourth-order valence-electron chi connectivity index (χ4n) is 7.05. The summed E-state index contributed by atoms with van der Waals surface area (Å²) < 4.78 is 172. The molecule has 0 saturated carbocycles. The van der Waals surface area contributed by atoms with Crippen LogP contribution in [0.15, 0.2) is 141 Å². The fraction of sp³-hybridized carbons (Fsp3) is 0.309. The standard InChI is InChI=1S/C27H29F2NO7S2.C22H27FO5S.C6H4ClFO2S/c1-27(2,3)37-26(31)17-36-24-13-6-18(16-30(4)39(34,35)21-10-8-20(28)9-11-21)14-22(24)19-7-12-23(29)25(15-19)38(5,32)33;1-6-7-15-8-11-19(27-14-21(24)28-22(2,3)4)17(12-15)16-9-10-18(23)20(13-16)29(5,25)26;7-11(9,10)6-3-1-5(8)2-4-6/h6-15H,16-17H2,1-5H3;8-13H,6-7,14H2,1-5H3;1-4H. The van der Waals surface area contributed by atoms with Crippen LogP contribution in [0.3, 0.4) is 0 Å². The highest BCUT2D eigenvalue weighted by atomic mass is 35.7. The van der Waals surface area contributed by atoms with Crippen LogP contribution >= 0.6 is 10.7 Å². The largest absolute Gasteiger partial charge is 0.481 e. The number of sulfonamides is 1. The van der Waals surface area contributed by atoms with Gasteiger partial charge in [0.05, 0.1) is 9.79 Å². The van der Waals surface area contributed by atoms with Crippen molar-refractivity contribution in [2.75, 3.05) is 32.8 Å². The van der Waals surface area contributed by atoms with Crippen LogP contribution in [-0.2, 0) is 70.8 Å². The maximum absolute atomic E-state index is 14.3. The summed E-state index contributed by atoms with van der Waals surface area (Å²) in [5.74, 6) is -3.40. The third kappa shape index (κ3) is 20.4. The summed E-state index contributed by atoms with van der Waals surface area (Å²) in [4.78, 5) is 23.1. The first-order valence-corrected chi connectivity index (χ1v) is 31.3. The van der Waals surface area contributed by atoms with E-state index in [-0.39, 0.29) is 39.2 Å². The third-order valence-corrected chi connectivity index (χ3v) is 15.9. The normalized spacial score (nSPS) is 12.1. The van der Waals surface area contributed by atoms with Crippen LogP contribution in [0.25, 0.3) is 22.3 Å². The first kappa shape index (κ1) is 65.2. The maximum atomic E-state index is 14.3. The Bertz CT molecular complexity index is 3610. The van der Waals surface area contributed by atoms with Crippen molar-refractivity contribution in [3.05, 3.63) is 156 Å². The molecule has 0 saturated heterocycles. The Labute approximate surface area is 463 Å². The first-order chi connectivity index (χ1) is 36.4. The molecule has 6 aromatic carbocycles. The highest BCUT2D eigenvalue weighted by Crippen LogP contribution is 2.36. The molecule has 0 atom stereocenters. The van der Waals surface area contributed by atoms with Crippen molar-refractivity contribution in [3.8, 4) is 33.8 Å². The van der Waals surface area contributed by atoms with Gasteiger partial charge in [-0.25, -0.2) is 60.8 Å². The SMILES string of the molecule is CCCc1ccc(OCC(=O)OC(C)(C)C)c(-c2ccc(F)c(S(C)(=O)=O)c2)c1.CN(Cc1ccc(OCC(=O)OC(C)(C)C)c(-c2ccc(F)c(S(C)(=O)=O)c2)c1)S(=O)(=O)c1ccc(F)cc1.O=S(=O)(Cl)c1ccc(F)cc1. The molecular weight excluding hydrogens is 1140 g/mol. The third-order valence-electron chi connectivity index (χ3n) is 10.5. The summed E-state index contributed by atoms with van der Waals surface area (Å²) in [6, 6.07) is 26.2. The Balaban J connectivity index is 0.000000293. The quantitative estimate of drug-likeness (QED) is 0.0472. The molecule has 0 amide bonds. The number of sulfone groups is 2. The number of hydrogen-bond acceptors (Lipinski definition) is 14. The minimum Gasteiger partial charge on any atom is -0.481 e. The van der Waals surface area contributed by atoms with Gasteiger partial charge in [-0.05, 0) is 167 Å². The van der Waals surface area contributed by atoms with Crippen LogP contribution in [-0.4, -0.2) is 93.9 Å². The van der Waals surface area contributed by atoms with Gasteiger partial charge in [-0.2, -0.15) is 4.31 Å². The van der Waals surface area contributed by atoms with Crippen molar-refractivity contribution in [1.29, 1.82) is 0 Å². The van der Waals surface area contributed by atoms with Gasteiger partial charge in [-0.15, -0.1) is 0 Å². The van der Waals surface area contributed by atoms with Gasteiger partial charge in [-0.3, -0.25) is 0 Å². The van der Waals surface area contributed by atoms with E-state index >= 15 is 0 Å². The van der Waals surface area contributed by atoms with Crippen LogP contribution in [0.1, 0.15) is 66.0 Å². The van der Waals surface area contributed by atoms with E-state index in [0.717, 1.165) is 102 Å². The number of esters is 2. The minimum absolute atomic E-state index is 0.0967. The average molecular weight is 1200 g/mol. The smallest absolute Gasteiger partial charge is 0.344 e. The second-order valence-corrected chi connectivity index (χ2v) is 28.2. The molecular formula is C55H60ClF4NO14S4. The first-order valence-electron chi connectivity index (χ1n) is 23.7. The van der Waals surface area contributed by atoms with Crippen molar-refractivity contribution in [1.82, 2.24) is 4.31 Å². The van der Waals surface area contributed by atoms with Crippen LogP contribution in [0, 0.1) is 23.3 Å². The molecule has 0 spiro atoms. The summed E-state index contributed by atoms with van der Waals surface area (Å²) in [5, 5.41) is 0. The van der Waals surface area contributed by atoms with Crippen molar-refractivity contribution in [2.24, 2.45) is 0 Å². The number of ether oxygens (including phenoxy) is 4. The summed E-state index contributed by atoms with van der Waals surface area (Å²) in [7, 11) is -9.01. The Morgan fingerprint density at radius 2 is 0.911 bits per heavy atom. The van der Waals surface area contributed by atoms with E-state index in [4.69, 9.17) is 29.6 Å². The predicted octanol–water partition coefficient (Wildman–Crippen LogP) is 10.9. The Morgan fingerprint density at radius 1 is 0.532 bits per heavy atom. The number of rotatable bonds is 17. The van der Waals surface area contributed by atoms with E-state index in [1.165, 1.54) is 31.3 Å². The lowest BCUT2D eigenvalue weighted by molar-refractivity contribution is -0.158. The molecule has 0 N–H and O–H groups in total. The molecule has 0 heterocycles. The van der Waals surface area contributed by atoms with Gasteiger partial charge in [0, 0.05) is 47.9 Å². The highest BCUT2D eigenvalue weighted by Gasteiger charge is 2.25. The van der Waals surface area contributed by atoms with Gasteiger partial charge in [0.1, 0.15) is 55.8 Å². The average Bonchev–Trinajstić information content (AvgIpc) is 3.33. The van der Waals surface area contributed by atoms with E-state index in [9.17, 15) is 60.8 Å². The molecule has 0 unspecified atom stereocenters. The molecule has 24 heteroatoms. The molecule has 0 bridgehead atoms. The number of aryl methyl sites for hydroxylation is 1. The zero-order valence-electron chi connectivity index (χ0n) is 44.8. The second-order valence-electron chi connectivity index (χ2n) is 19.6. The minimum atomic E-state index is -3.97. The molecule has 6 aromatic rings. The van der Waals surface area contributed by atoms with Crippen molar-refractivity contribution >= 4 is 61.4 Å². The second kappa shape index (κ2) is 26.7. The summed E-state index contributed by atoms with van der Waals surface area (Å²) in [6.07, 6.45) is 3.58. The van der Waals surface area contributed by atoms with Gasteiger partial charge in [-0.1, -0.05) is 37.6 Å². The lowest BCUT2D eigenvalue weighted by atomic mass is 10.00. The molecule has 0 radical (unpaired) electrons. The van der Waals surface area contributed by atoms with Crippen molar-refractivity contribution < 1.29 is 79.8 Å². The summed E-state index contributed by atoms with van der Waals surface area (Å²) in [5.41, 5.74) is 1.78. The van der Waals surface area contributed by atoms with E-state index in [2.05, 4.69) is 0 Å². The lowest BCUT2D eigenvalue weighted by Crippen LogP contribution is -2.27. The Hall–Kier alpha value is -6.37. The van der Waals surface area contributed by atoms with Crippen LogP contribution in [0.2, 0.25) is 0 Å². The molecule has 0 fully saturated rings. The van der Waals surface area contributed by atoms with Gasteiger partial charge in [0.25, 0.3) is 9.05 Å². The van der Waals surface area contributed by atoms with Gasteiger partial charge in [0.2, 0.25) is 10.0 Å². The molecule has 0 aromatic heterocycles. The highest BCUT2D eigenvalue weighted by molar-refractivity contribution is 8.13. The van der Waals surface area contributed by atoms with E-state index < -0.39 is 96.7 Å². The zero-order chi connectivity index (χ0) is 59.5. The van der Waals surface area contributed by atoms with Crippen LogP contribution in [0.4, 0.5) is 17.6 Å². The Morgan fingerprint density at radius 3 is 1.28 bits per heavy atom. The number of hydrogen-bond donors (Lipinski definition) is 0. The maximum Gasteiger partial charge on any atom is 0.344 e. The van der Waals surface area contributed by atoms with E-state index in [0.29, 0.717) is 28.0 Å². The monoisotopic (exact) mass is 1200 g/mol. The van der Waals surface area contributed by atoms with Gasteiger partial charge in [0.15, 0.2) is 32.9 Å². The van der Waals surface area contributed by atoms with Crippen LogP contribution in [0.5, 0.6) is 11.5 Å². The van der Waals surface area contributed by atoms with Crippen molar-refractivity contribution in [2.45, 2.75) is 98.6 Å². The lowest BCUT2D eigenvalue weighted by Gasteiger charge is -2.21.